The molecule has 0 saturated carbocycles. The summed E-state index contributed by atoms with van der Waals surface area (Å²) in [5.41, 5.74) is 24.6. The number of rotatable bonds is 8. The van der Waals surface area contributed by atoms with Gasteiger partial charge in [-0.05, 0) is 38.1 Å². The van der Waals surface area contributed by atoms with Crippen LogP contribution in [0.1, 0.15) is 46.4 Å². The van der Waals surface area contributed by atoms with Crippen molar-refractivity contribution in [2.75, 3.05) is 24.7 Å². The number of benzene rings is 3. The fourth-order valence-corrected chi connectivity index (χ4v) is 3.55. The van der Waals surface area contributed by atoms with Crippen LogP contribution in [0.4, 0.5) is 15.8 Å². The summed E-state index contributed by atoms with van der Waals surface area (Å²) >= 11 is 0. The number of hydrogen-bond acceptors (Lipinski definition) is 7. The number of nitrogens with one attached hydrogen (secondary N) is 1. The minimum atomic E-state index is -0.723. The minimum Gasteiger partial charge on any atom is -0.397 e. The highest BCUT2D eigenvalue weighted by Crippen LogP contribution is 2.26. The molecule has 0 saturated heterocycles. The van der Waals surface area contributed by atoms with Crippen molar-refractivity contribution in [2.24, 2.45) is 11.5 Å². The van der Waals surface area contributed by atoms with Crippen molar-refractivity contribution in [2.45, 2.75) is 20.1 Å². The molecule has 4 aromatic rings. The molecule has 0 atom stereocenters. The first-order valence-corrected chi connectivity index (χ1v) is 11.4. The highest BCUT2D eigenvalue weighted by molar-refractivity contribution is 6.04. The van der Waals surface area contributed by atoms with Crippen LogP contribution in [0.25, 0.3) is 22.4 Å². The number of H-pyrrole nitrogens is 1. The fraction of sp³-hybridized carbons (Fsp3) is 0.192. The van der Waals surface area contributed by atoms with Crippen molar-refractivity contribution >= 4 is 59.0 Å². The lowest BCUT2D eigenvalue weighted by Crippen LogP contribution is -2.14. The van der Waals surface area contributed by atoms with E-state index < -0.39 is 23.9 Å². The van der Waals surface area contributed by atoms with Crippen LogP contribution in [0.5, 0.6) is 0 Å². The molecule has 1 heterocycles. The summed E-state index contributed by atoms with van der Waals surface area (Å²) in [5, 5.41) is 0. The number of nitrogens with zero attached hydrogens (tertiary/aromatic N) is 1. The number of fused-ring (bicyclic) bond motifs is 1. The van der Waals surface area contributed by atoms with Gasteiger partial charge in [-0.2, -0.15) is 0 Å². The van der Waals surface area contributed by atoms with Gasteiger partial charge in [0.1, 0.15) is 17.2 Å². The third-order valence-electron chi connectivity index (χ3n) is 5.31. The Hall–Kier alpha value is -3.90. The summed E-state index contributed by atoms with van der Waals surface area (Å²) in [6.07, 6.45) is -0.426. The zero-order chi connectivity index (χ0) is 27.1. The molecule has 10 nitrogen and oxygen atoms in total. The average Bonchev–Trinajstić information content (AvgIpc) is 3.29. The third-order valence-corrected chi connectivity index (χ3v) is 5.31. The van der Waals surface area contributed by atoms with E-state index in [4.69, 9.17) is 32.4 Å². The number of aromatic nitrogens is 2. The maximum absolute atomic E-state index is 13.7. The fourth-order valence-electron chi connectivity index (χ4n) is 3.55. The van der Waals surface area contributed by atoms with Crippen molar-refractivity contribution in [3.8, 4) is 11.4 Å². The van der Waals surface area contributed by atoms with Gasteiger partial charge >= 0.3 is 0 Å². The number of halogens is 3. The standard InChI is InChI=1S/C19H20FN3O3.C7H9N3O.2ClH/c1-3-25-19(26-4-2)12-7-5-11(6-8-12)18-22-15-10-13(20)9-14(17(21)24)16(15)23-18;8-5-3-1-2-4(6(5)9)7(10)11;;/h5-10,19H,3-4H2,1-2H3,(H2,21,24)(H,22,23);1-3H,8-9H2,(H2,10,11);2*1H. The lowest BCUT2D eigenvalue weighted by atomic mass is 10.1. The Kier molecular flexibility index (Phi) is 12.6. The van der Waals surface area contributed by atoms with Gasteiger partial charge in [-0.1, -0.05) is 30.3 Å². The van der Waals surface area contributed by atoms with Crippen LogP contribution in [-0.4, -0.2) is 35.0 Å². The zero-order valence-electron chi connectivity index (χ0n) is 21.3. The molecular weight excluding hydrogens is 550 g/mol. The second-order valence-electron chi connectivity index (χ2n) is 7.84. The number of amides is 2. The highest BCUT2D eigenvalue weighted by atomic mass is 35.5. The predicted octanol–water partition coefficient (Wildman–Crippen LogP) is 4.33. The Morgan fingerprint density at radius 2 is 1.51 bits per heavy atom. The van der Waals surface area contributed by atoms with Crippen LogP contribution < -0.4 is 22.9 Å². The largest absolute Gasteiger partial charge is 0.397 e. The molecule has 3 aromatic carbocycles. The Morgan fingerprint density at radius 1 is 0.923 bits per heavy atom. The Morgan fingerprint density at radius 3 is 2.03 bits per heavy atom. The molecule has 4 rings (SSSR count). The number of para-hydroxylation sites is 1. The molecule has 0 radical (unpaired) electrons. The number of anilines is 2. The maximum atomic E-state index is 13.7. The molecular formula is C26H31Cl2FN6O4. The number of carbonyl (C=O) groups is 2. The number of imidazole rings is 1. The normalized spacial score (nSPS) is 10.3. The molecule has 210 valence electrons. The first-order valence-electron chi connectivity index (χ1n) is 11.4. The van der Waals surface area contributed by atoms with Gasteiger partial charge in [-0.3, -0.25) is 9.59 Å². The Bertz CT molecular complexity index is 1410. The van der Waals surface area contributed by atoms with Crippen molar-refractivity contribution in [3.05, 3.63) is 77.1 Å². The number of primary amides is 2. The molecule has 9 N–H and O–H groups in total. The number of aromatic amines is 1. The van der Waals surface area contributed by atoms with Gasteiger partial charge < -0.3 is 37.4 Å². The van der Waals surface area contributed by atoms with Crippen molar-refractivity contribution in [3.63, 3.8) is 0 Å². The van der Waals surface area contributed by atoms with Crippen LogP contribution in [0.2, 0.25) is 0 Å². The number of nitrogens with two attached hydrogens (primary N) is 4. The highest BCUT2D eigenvalue weighted by Gasteiger charge is 2.16. The van der Waals surface area contributed by atoms with E-state index in [1.807, 2.05) is 38.1 Å². The van der Waals surface area contributed by atoms with Gasteiger partial charge in [0, 0.05) is 24.3 Å². The SMILES string of the molecule is CCOC(OCC)c1ccc(-c2nc3c(C(N)=O)cc(F)cc3[nH]2)cc1.Cl.Cl.NC(=O)c1cccc(N)c1N. The quantitative estimate of drug-likeness (QED) is 0.151. The molecule has 39 heavy (non-hydrogen) atoms. The van der Waals surface area contributed by atoms with Crippen molar-refractivity contribution in [1.82, 2.24) is 9.97 Å². The zero-order valence-corrected chi connectivity index (χ0v) is 22.9. The summed E-state index contributed by atoms with van der Waals surface area (Å²) < 4.78 is 24.8. The van der Waals surface area contributed by atoms with Crippen LogP contribution in [0.3, 0.4) is 0 Å². The Labute approximate surface area is 237 Å². The average molecular weight is 581 g/mol. The summed E-state index contributed by atoms with van der Waals surface area (Å²) in [7, 11) is 0. The van der Waals surface area contributed by atoms with Gasteiger partial charge in [-0.15, -0.1) is 24.8 Å². The van der Waals surface area contributed by atoms with Gasteiger partial charge in [0.25, 0.3) is 11.8 Å². The molecule has 1 aromatic heterocycles. The minimum absolute atomic E-state index is 0. The van der Waals surface area contributed by atoms with Gasteiger partial charge in [-0.25, -0.2) is 9.37 Å². The molecule has 0 bridgehead atoms. The number of nitrogen functional groups attached to an aromatic ring is 2. The van der Waals surface area contributed by atoms with Gasteiger partial charge in [0.05, 0.1) is 28.0 Å². The van der Waals surface area contributed by atoms with Crippen molar-refractivity contribution in [1.29, 1.82) is 0 Å². The summed E-state index contributed by atoms with van der Waals surface area (Å²) in [6.45, 7) is 4.89. The smallest absolute Gasteiger partial charge is 0.251 e. The number of hydrogen-bond donors (Lipinski definition) is 5. The molecule has 0 aliphatic carbocycles. The monoisotopic (exact) mass is 580 g/mol. The van der Waals surface area contributed by atoms with Crippen LogP contribution in [0, 0.1) is 5.82 Å². The summed E-state index contributed by atoms with van der Waals surface area (Å²) in [6, 6.07) is 14.6. The predicted molar refractivity (Wildman–Crippen MR) is 154 cm³/mol. The lowest BCUT2D eigenvalue weighted by molar-refractivity contribution is -0.140. The number of ether oxygens (including phenoxy) is 2. The Balaban J connectivity index is 0.000000497. The van der Waals surface area contributed by atoms with Gasteiger partial charge in [0.15, 0.2) is 6.29 Å². The summed E-state index contributed by atoms with van der Waals surface area (Å²) in [5.74, 6) is -1.31. The third kappa shape index (κ3) is 8.04. The molecule has 0 aliphatic rings. The van der Waals surface area contributed by atoms with E-state index in [0.29, 0.717) is 35.8 Å². The van der Waals surface area contributed by atoms with E-state index in [-0.39, 0.29) is 41.6 Å². The first-order chi connectivity index (χ1) is 17.7. The van der Waals surface area contributed by atoms with E-state index in [0.717, 1.165) is 17.2 Å². The molecule has 0 spiro atoms. The maximum Gasteiger partial charge on any atom is 0.251 e. The molecule has 13 heteroatoms. The van der Waals surface area contributed by atoms with Gasteiger partial charge in [0.2, 0.25) is 0 Å². The van der Waals surface area contributed by atoms with Crippen LogP contribution >= 0.6 is 24.8 Å². The van der Waals surface area contributed by atoms with E-state index >= 15 is 0 Å². The molecule has 2 amide bonds. The lowest BCUT2D eigenvalue weighted by Gasteiger charge is -2.17. The second kappa shape index (κ2) is 14.9. The number of carbonyl (C=O) groups excluding carboxylic acids is 2. The van der Waals surface area contributed by atoms with Crippen molar-refractivity contribution < 1.29 is 23.5 Å². The molecule has 0 aliphatic heterocycles. The van der Waals surface area contributed by atoms with Crippen LogP contribution in [-0.2, 0) is 9.47 Å². The first kappa shape index (κ1) is 33.1. The second-order valence-corrected chi connectivity index (χ2v) is 7.84. The van der Waals surface area contributed by atoms with E-state index in [1.54, 1.807) is 12.1 Å². The topological polar surface area (TPSA) is 185 Å². The molecule has 0 unspecified atom stereocenters. The van der Waals surface area contributed by atoms with Crippen LogP contribution in [0.15, 0.2) is 54.6 Å². The summed E-state index contributed by atoms with van der Waals surface area (Å²) in [4.78, 5) is 29.6. The van der Waals surface area contributed by atoms with E-state index in [1.165, 1.54) is 12.1 Å². The van der Waals surface area contributed by atoms with E-state index in [9.17, 15) is 14.0 Å². The van der Waals surface area contributed by atoms with E-state index in [2.05, 4.69) is 9.97 Å². The molecule has 0 fully saturated rings.